The fourth-order valence-corrected chi connectivity index (χ4v) is 4.34. The number of nitrogens with one attached hydrogen (secondary N) is 2. The van der Waals surface area contributed by atoms with Gasteiger partial charge in [-0.05, 0) is 48.4 Å². The molecule has 0 aliphatic heterocycles. The number of nitrogens with zero attached hydrogens (tertiary/aromatic N) is 1. The minimum absolute atomic E-state index is 0.000131. The van der Waals surface area contributed by atoms with E-state index in [2.05, 4.69) is 19.9 Å². The Balaban J connectivity index is 1.99. The Morgan fingerprint density at radius 2 is 1.82 bits per heavy atom. The summed E-state index contributed by atoms with van der Waals surface area (Å²) < 4.78 is 79.7. The second kappa shape index (κ2) is 9.63. The Labute approximate surface area is 192 Å². The Bertz CT molecular complexity index is 1290. The van der Waals surface area contributed by atoms with Gasteiger partial charge in [-0.3, -0.25) is 14.8 Å². The van der Waals surface area contributed by atoms with Gasteiger partial charge >= 0.3 is 6.36 Å². The number of anilines is 2. The lowest BCUT2D eigenvalue weighted by atomic mass is 10.0. The maximum absolute atomic E-state index is 13.1. The third kappa shape index (κ3) is 5.78. The highest BCUT2D eigenvalue weighted by Crippen LogP contribution is 2.37. The number of amides is 1. The lowest BCUT2D eigenvalue weighted by Crippen LogP contribution is -2.17. The van der Waals surface area contributed by atoms with Crippen molar-refractivity contribution >= 4 is 27.5 Å². The summed E-state index contributed by atoms with van der Waals surface area (Å²) in [4.78, 5) is 11.3. The number of benzene rings is 2. The molecule has 182 valence electrons. The molecule has 1 aromatic heterocycles. The van der Waals surface area contributed by atoms with Crippen molar-refractivity contribution in [3.8, 4) is 22.6 Å². The SMILES string of the molecule is CCc1noc(NC(C)=O)c1-c1ccc(OC)c(S(=O)(=O)Nc2ccc(OC(F)(F)F)cc2)c1. The molecular weight excluding hydrogens is 479 g/mol. The van der Waals surface area contributed by atoms with Crippen LogP contribution in [-0.2, 0) is 21.2 Å². The predicted octanol–water partition coefficient (Wildman–Crippen LogP) is 4.57. The summed E-state index contributed by atoms with van der Waals surface area (Å²) in [7, 11) is -2.96. The standard InChI is InChI=1S/C21H20F3N3O6S/c1-4-16-19(20(33-26-16)25-12(2)28)13-5-10-17(31-3)18(11-13)34(29,30)27-14-6-8-15(9-7-14)32-21(22,23)24/h5-11,27H,4H2,1-3H3,(H,25,28). The molecule has 34 heavy (non-hydrogen) atoms. The van der Waals surface area contributed by atoms with Crippen molar-refractivity contribution < 1.29 is 40.4 Å². The summed E-state index contributed by atoms with van der Waals surface area (Å²) in [5.41, 5.74) is 1.29. The van der Waals surface area contributed by atoms with E-state index in [1.807, 2.05) is 6.92 Å². The molecule has 0 fully saturated rings. The fourth-order valence-electron chi connectivity index (χ4n) is 3.08. The van der Waals surface area contributed by atoms with Gasteiger partial charge in [0.1, 0.15) is 16.4 Å². The second-order valence-electron chi connectivity index (χ2n) is 6.91. The largest absolute Gasteiger partial charge is 0.573 e. The molecular formula is C21H20F3N3O6S. The molecule has 0 unspecified atom stereocenters. The van der Waals surface area contributed by atoms with E-state index in [1.165, 1.54) is 26.2 Å². The van der Waals surface area contributed by atoms with Crippen LogP contribution in [0.2, 0.25) is 0 Å². The van der Waals surface area contributed by atoms with Crippen LogP contribution in [0.4, 0.5) is 24.7 Å². The van der Waals surface area contributed by atoms with E-state index < -0.39 is 28.0 Å². The molecule has 0 aliphatic rings. The van der Waals surface area contributed by atoms with Crippen LogP contribution in [0.15, 0.2) is 51.9 Å². The number of ether oxygens (including phenoxy) is 2. The number of rotatable bonds is 8. The van der Waals surface area contributed by atoms with Gasteiger partial charge in [-0.25, -0.2) is 8.42 Å². The van der Waals surface area contributed by atoms with Gasteiger partial charge in [0.25, 0.3) is 10.0 Å². The van der Waals surface area contributed by atoms with Crippen LogP contribution in [0.25, 0.3) is 11.1 Å². The van der Waals surface area contributed by atoms with E-state index in [0.717, 1.165) is 24.3 Å². The molecule has 2 aromatic carbocycles. The number of aryl methyl sites for hydroxylation is 1. The number of aromatic nitrogens is 1. The lowest BCUT2D eigenvalue weighted by Gasteiger charge is -2.14. The van der Waals surface area contributed by atoms with E-state index in [0.29, 0.717) is 23.2 Å². The summed E-state index contributed by atoms with van der Waals surface area (Å²) >= 11 is 0. The van der Waals surface area contributed by atoms with Crippen molar-refractivity contribution in [3.05, 3.63) is 48.2 Å². The molecule has 13 heteroatoms. The molecule has 0 saturated carbocycles. The van der Waals surface area contributed by atoms with Crippen molar-refractivity contribution in [2.45, 2.75) is 31.5 Å². The summed E-state index contributed by atoms with van der Waals surface area (Å²) in [6.45, 7) is 3.10. The first-order valence-electron chi connectivity index (χ1n) is 9.76. The van der Waals surface area contributed by atoms with Gasteiger partial charge in [-0.1, -0.05) is 18.1 Å². The van der Waals surface area contributed by atoms with E-state index in [9.17, 15) is 26.4 Å². The third-order valence-electron chi connectivity index (χ3n) is 4.47. The topological polar surface area (TPSA) is 120 Å². The Hall–Kier alpha value is -3.74. The zero-order valence-corrected chi connectivity index (χ0v) is 19.0. The zero-order chi connectivity index (χ0) is 25.1. The number of carbonyl (C=O) groups excluding carboxylic acids is 1. The van der Waals surface area contributed by atoms with Gasteiger partial charge < -0.3 is 14.0 Å². The van der Waals surface area contributed by atoms with Crippen LogP contribution in [0.1, 0.15) is 19.5 Å². The minimum atomic E-state index is -4.87. The lowest BCUT2D eigenvalue weighted by molar-refractivity contribution is -0.274. The fraction of sp³-hybridized carbons (Fsp3) is 0.238. The maximum Gasteiger partial charge on any atom is 0.573 e. The zero-order valence-electron chi connectivity index (χ0n) is 18.2. The first kappa shape index (κ1) is 24.9. The highest BCUT2D eigenvalue weighted by atomic mass is 32.2. The van der Waals surface area contributed by atoms with Crippen LogP contribution in [-0.4, -0.2) is 33.0 Å². The van der Waals surface area contributed by atoms with Gasteiger partial charge in [-0.2, -0.15) is 0 Å². The van der Waals surface area contributed by atoms with Gasteiger partial charge in [0.15, 0.2) is 0 Å². The predicted molar refractivity (Wildman–Crippen MR) is 116 cm³/mol. The molecule has 0 saturated heterocycles. The molecule has 1 heterocycles. The van der Waals surface area contributed by atoms with Crippen molar-refractivity contribution in [1.82, 2.24) is 5.16 Å². The number of hydrogen-bond acceptors (Lipinski definition) is 7. The first-order chi connectivity index (χ1) is 15.9. The van der Waals surface area contributed by atoms with Crippen LogP contribution in [0.5, 0.6) is 11.5 Å². The van der Waals surface area contributed by atoms with Gasteiger partial charge in [-0.15, -0.1) is 13.2 Å². The average molecular weight is 499 g/mol. The molecule has 0 aliphatic carbocycles. The van der Waals surface area contributed by atoms with Crippen molar-refractivity contribution in [2.75, 3.05) is 17.1 Å². The average Bonchev–Trinajstić information content (AvgIpc) is 3.15. The monoisotopic (exact) mass is 499 g/mol. The maximum atomic E-state index is 13.1. The van der Waals surface area contributed by atoms with E-state index in [4.69, 9.17) is 9.26 Å². The number of methoxy groups -OCH3 is 1. The highest BCUT2D eigenvalue weighted by Gasteiger charge is 2.31. The molecule has 3 rings (SSSR count). The molecule has 0 radical (unpaired) electrons. The molecule has 2 N–H and O–H groups in total. The third-order valence-corrected chi connectivity index (χ3v) is 5.87. The van der Waals surface area contributed by atoms with Crippen LogP contribution in [0.3, 0.4) is 0 Å². The smallest absolute Gasteiger partial charge is 0.495 e. The highest BCUT2D eigenvalue weighted by molar-refractivity contribution is 7.92. The molecule has 1 amide bonds. The normalized spacial score (nSPS) is 11.7. The number of sulfonamides is 1. The van der Waals surface area contributed by atoms with E-state index in [-0.39, 0.29) is 22.2 Å². The van der Waals surface area contributed by atoms with Crippen LogP contribution in [0, 0.1) is 0 Å². The first-order valence-corrected chi connectivity index (χ1v) is 11.2. The van der Waals surface area contributed by atoms with Crippen molar-refractivity contribution in [1.29, 1.82) is 0 Å². The van der Waals surface area contributed by atoms with Crippen molar-refractivity contribution in [2.24, 2.45) is 0 Å². The summed E-state index contributed by atoms with van der Waals surface area (Å²) in [5.74, 6) is -0.823. The second-order valence-corrected chi connectivity index (χ2v) is 8.56. The van der Waals surface area contributed by atoms with Gasteiger partial charge in [0.2, 0.25) is 11.8 Å². The molecule has 0 atom stereocenters. The van der Waals surface area contributed by atoms with Crippen LogP contribution >= 0.6 is 0 Å². The minimum Gasteiger partial charge on any atom is -0.495 e. The van der Waals surface area contributed by atoms with E-state index >= 15 is 0 Å². The van der Waals surface area contributed by atoms with Gasteiger partial charge in [0, 0.05) is 12.6 Å². The summed E-state index contributed by atoms with van der Waals surface area (Å²) in [6.07, 6.45) is -4.43. The quantitative estimate of drug-likeness (QED) is 0.466. The molecule has 0 bridgehead atoms. The number of halogens is 3. The Morgan fingerprint density at radius 1 is 1.15 bits per heavy atom. The molecule has 0 spiro atoms. The Morgan fingerprint density at radius 3 is 2.38 bits per heavy atom. The molecule has 9 nitrogen and oxygen atoms in total. The number of alkyl halides is 3. The Kier molecular flexibility index (Phi) is 7.05. The van der Waals surface area contributed by atoms with Gasteiger partial charge in [0.05, 0.1) is 18.4 Å². The summed E-state index contributed by atoms with van der Waals surface area (Å²) in [6, 6.07) is 8.52. The van der Waals surface area contributed by atoms with Crippen molar-refractivity contribution in [3.63, 3.8) is 0 Å². The summed E-state index contributed by atoms with van der Waals surface area (Å²) in [5, 5.41) is 6.44. The number of carbonyl (C=O) groups is 1. The molecule has 3 aromatic rings. The van der Waals surface area contributed by atoms with E-state index in [1.54, 1.807) is 6.07 Å². The van der Waals surface area contributed by atoms with Crippen LogP contribution < -0.4 is 19.5 Å². The number of hydrogen-bond donors (Lipinski definition) is 2.